The molecule has 5 N–H and O–H groups in total. The number of anilines is 1. The normalized spacial score (nSPS) is 26.7. The summed E-state index contributed by atoms with van der Waals surface area (Å²) < 4.78 is 1.67. The molecule has 1 unspecified atom stereocenters. The lowest BCUT2D eigenvalue weighted by Gasteiger charge is -2.46. The number of phenols is 1. The number of hydrogen-bond acceptors (Lipinski definition) is 5. The molecule has 4 atom stereocenters. The third kappa shape index (κ3) is 3.63. The Labute approximate surface area is 156 Å². The van der Waals surface area contributed by atoms with Gasteiger partial charge in [0.05, 0.1) is 31.7 Å². The number of piperidine rings is 3. The Balaban J connectivity index is 1.39. The van der Waals surface area contributed by atoms with Crippen LogP contribution >= 0.6 is 0 Å². The van der Waals surface area contributed by atoms with Crippen molar-refractivity contribution in [3.63, 3.8) is 0 Å². The fourth-order valence-corrected chi connectivity index (χ4v) is 4.36. The number of nitrogens with zero attached hydrogens (tertiary/aromatic N) is 3. The van der Waals surface area contributed by atoms with Gasteiger partial charge in [-0.3, -0.25) is 9.59 Å². The fourth-order valence-electron chi connectivity index (χ4n) is 4.36. The van der Waals surface area contributed by atoms with Crippen molar-refractivity contribution >= 4 is 17.5 Å². The summed E-state index contributed by atoms with van der Waals surface area (Å²) in [6.45, 7) is 2.47. The lowest BCUT2D eigenvalue weighted by molar-refractivity contribution is -0.945. The first-order chi connectivity index (χ1) is 13.0. The maximum absolute atomic E-state index is 12.7. The highest BCUT2D eigenvalue weighted by molar-refractivity contribution is 5.93. The van der Waals surface area contributed by atoms with Crippen LogP contribution in [0.1, 0.15) is 23.3 Å². The molecule has 1 aromatic carbocycles. The van der Waals surface area contributed by atoms with E-state index in [-0.39, 0.29) is 23.3 Å². The smallest absolute Gasteiger partial charge is 0.270 e. The van der Waals surface area contributed by atoms with Crippen LogP contribution < -0.4 is 16.0 Å². The first-order valence-electron chi connectivity index (χ1n) is 9.14. The Morgan fingerprint density at radius 1 is 1.41 bits per heavy atom. The lowest BCUT2D eigenvalue weighted by atomic mass is 9.75. The van der Waals surface area contributed by atoms with Crippen molar-refractivity contribution in [1.29, 1.82) is 0 Å². The van der Waals surface area contributed by atoms with Gasteiger partial charge in [-0.15, -0.1) is 5.10 Å². The average molecular weight is 371 g/mol. The molecule has 0 aliphatic carbocycles. The number of benzene rings is 1. The van der Waals surface area contributed by atoms with Gasteiger partial charge < -0.3 is 21.1 Å². The van der Waals surface area contributed by atoms with Crippen LogP contribution in [0.25, 0.3) is 0 Å². The summed E-state index contributed by atoms with van der Waals surface area (Å²) in [6.07, 6.45) is 3.53. The fraction of sp³-hybridized carbons (Fsp3) is 0.444. The highest BCUT2D eigenvalue weighted by Gasteiger charge is 2.46. The van der Waals surface area contributed by atoms with Gasteiger partial charge in [-0.25, -0.2) is 4.68 Å². The van der Waals surface area contributed by atoms with Gasteiger partial charge in [-0.2, -0.15) is 0 Å². The molecule has 1 aromatic heterocycles. The van der Waals surface area contributed by atoms with Gasteiger partial charge in [0, 0.05) is 24.6 Å². The molecule has 3 fully saturated rings. The van der Waals surface area contributed by atoms with Crippen LogP contribution in [-0.2, 0) is 11.3 Å². The predicted molar refractivity (Wildman–Crippen MR) is 96.0 cm³/mol. The molecule has 2 aromatic rings. The Kier molecular flexibility index (Phi) is 4.53. The quantitative estimate of drug-likeness (QED) is 0.537. The van der Waals surface area contributed by atoms with E-state index in [4.69, 9.17) is 5.73 Å². The van der Waals surface area contributed by atoms with Crippen LogP contribution in [0.15, 0.2) is 30.5 Å². The number of nitrogens with one attached hydrogen (secondary N) is 2. The Morgan fingerprint density at radius 3 is 2.93 bits per heavy atom. The van der Waals surface area contributed by atoms with E-state index < -0.39 is 5.91 Å². The molecule has 0 spiro atoms. The van der Waals surface area contributed by atoms with E-state index in [9.17, 15) is 14.7 Å². The Morgan fingerprint density at radius 2 is 2.26 bits per heavy atom. The summed E-state index contributed by atoms with van der Waals surface area (Å²) in [5, 5.41) is 20.2. The molecular formula is C18H23N6O3+. The number of amides is 2. The van der Waals surface area contributed by atoms with Crippen molar-refractivity contribution in [2.24, 2.45) is 17.6 Å². The second-order valence-corrected chi connectivity index (χ2v) is 7.43. The number of fused-ring (bicyclic) bond motifs is 3. The van der Waals surface area contributed by atoms with Crippen LogP contribution in [0.2, 0.25) is 0 Å². The molecule has 2 bridgehead atoms. The Hall–Kier alpha value is -2.94. The summed E-state index contributed by atoms with van der Waals surface area (Å²) in [6, 6.07) is 6.95. The van der Waals surface area contributed by atoms with Gasteiger partial charge in [0.1, 0.15) is 11.8 Å². The topological polar surface area (TPSA) is 128 Å². The van der Waals surface area contributed by atoms with Crippen molar-refractivity contribution < 1.29 is 19.6 Å². The van der Waals surface area contributed by atoms with Crippen molar-refractivity contribution in [3.05, 3.63) is 36.2 Å². The molecule has 4 heterocycles. The standard InChI is InChI=1S/C18H22N6O3/c19-17(26)16-10-24(22-21-16)8-13-6-11-4-5-23(13)9-15(11)18(27)20-12-2-1-3-14(25)7-12/h1-3,7,10-11,13,15,25H,4-6,8-9H2,(H2,19,26)(H,20,27)/p+1/t11-,13-,15+/m1/s1. The first kappa shape index (κ1) is 17.5. The molecule has 142 valence electrons. The van der Waals surface area contributed by atoms with E-state index >= 15 is 0 Å². The van der Waals surface area contributed by atoms with Gasteiger partial charge in [0.2, 0.25) is 5.91 Å². The molecular weight excluding hydrogens is 348 g/mol. The molecule has 3 aliphatic rings. The maximum Gasteiger partial charge on any atom is 0.270 e. The minimum atomic E-state index is -0.581. The van der Waals surface area contributed by atoms with E-state index in [0.717, 1.165) is 25.9 Å². The van der Waals surface area contributed by atoms with E-state index in [1.165, 1.54) is 4.90 Å². The van der Waals surface area contributed by atoms with E-state index in [1.54, 1.807) is 35.1 Å². The number of carbonyl (C=O) groups excluding carboxylic acids is 2. The highest BCUT2D eigenvalue weighted by atomic mass is 16.3. The third-order valence-electron chi connectivity index (χ3n) is 5.70. The van der Waals surface area contributed by atoms with E-state index in [2.05, 4.69) is 15.6 Å². The van der Waals surface area contributed by atoms with Gasteiger partial charge in [-0.05, 0) is 18.1 Å². The number of quaternary nitrogens is 1. The summed E-state index contributed by atoms with van der Waals surface area (Å²) in [5.41, 5.74) is 6.01. The molecule has 2 amide bonds. The lowest BCUT2D eigenvalue weighted by Crippen LogP contribution is -3.20. The molecule has 5 rings (SSSR count). The van der Waals surface area contributed by atoms with Gasteiger partial charge in [-0.1, -0.05) is 11.3 Å². The van der Waals surface area contributed by atoms with Crippen LogP contribution in [0.4, 0.5) is 5.69 Å². The minimum Gasteiger partial charge on any atom is -0.508 e. The Bertz CT molecular complexity index is 866. The van der Waals surface area contributed by atoms with Gasteiger partial charge in [0.15, 0.2) is 5.69 Å². The number of primary amides is 1. The zero-order valence-corrected chi connectivity index (χ0v) is 14.8. The van der Waals surface area contributed by atoms with Gasteiger partial charge >= 0.3 is 0 Å². The number of nitrogens with two attached hydrogens (primary N) is 1. The van der Waals surface area contributed by atoms with Crippen LogP contribution in [0.3, 0.4) is 0 Å². The summed E-state index contributed by atoms with van der Waals surface area (Å²) in [4.78, 5) is 25.3. The van der Waals surface area contributed by atoms with Gasteiger partial charge in [0.25, 0.3) is 5.91 Å². The van der Waals surface area contributed by atoms with Crippen LogP contribution in [-0.4, -0.2) is 51.0 Å². The molecule has 9 nitrogen and oxygen atoms in total. The second kappa shape index (κ2) is 6.99. The maximum atomic E-state index is 12.7. The number of carbonyl (C=O) groups is 2. The highest BCUT2D eigenvalue weighted by Crippen LogP contribution is 2.29. The number of aromatic hydroxyl groups is 1. The van der Waals surface area contributed by atoms with Crippen molar-refractivity contribution in [3.8, 4) is 5.75 Å². The zero-order valence-electron chi connectivity index (χ0n) is 14.8. The predicted octanol–water partition coefficient (Wildman–Crippen LogP) is -0.985. The SMILES string of the molecule is NC(=O)c1cn(C[C@H]2C[C@H]3CC[NH+]2C[C@@H]3C(=O)Nc2cccc(O)c2)nn1. The molecule has 9 heteroatoms. The molecule has 3 saturated heterocycles. The largest absolute Gasteiger partial charge is 0.508 e. The number of hydrogen-bond donors (Lipinski definition) is 4. The van der Waals surface area contributed by atoms with Crippen molar-refractivity contribution in [1.82, 2.24) is 15.0 Å². The average Bonchev–Trinajstić information content (AvgIpc) is 3.11. The number of rotatable bonds is 5. The third-order valence-corrected chi connectivity index (χ3v) is 5.70. The summed E-state index contributed by atoms with van der Waals surface area (Å²) in [7, 11) is 0. The van der Waals surface area contributed by atoms with Crippen molar-refractivity contribution in [2.75, 3.05) is 18.4 Å². The molecule has 3 aliphatic heterocycles. The summed E-state index contributed by atoms with van der Waals surface area (Å²) in [5.74, 6) is -0.149. The van der Waals surface area contributed by atoms with E-state index in [1.807, 2.05) is 0 Å². The molecule has 0 radical (unpaired) electrons. The first-order valence-corrected chi connectivity index (χ1v) is 9.14. The van der Waals surface area contributed by atoms with Crippen molar-refractivity contribution in [2.45, 2.75) is 25.4 Å². The summed E-state index contributed by atoms with van der Waals surface area (Å²) >= 11 is 0. The van der Waals surface area contributed by atoms with E-state index in [0.29, 0.717) is 24.2 Å². The second-order valence-electron chi connectivity index (χ2n) is 7.43. The number of aromatic nitrogens is 3. The monoisotopic (exact) mass is 371 g/mol. The van der Waals surface area contributed by atoms with Crippen LogP contribution in [0.5, 0.6) is 5.75 Å². The molecule has 27 heavy (non-hydrogen) atoms. The minimum absolute atomic E-state index is 0.0121. The number of phenolic OH excluding ortho intramolecular Hbond substituents is 1. The zero-order chi connectivity index (χ0) is 19.0. The molecule has 0 saturated carbocycles. The van der Waals surface area contributed by atoms with Crippen LogP contribution in [0, 0.1) is 11.8 Å².